The molecule has 6 nitrogen and oxygen atoms in total. The fraction of sp³-hybridized carbons (Fsp3) is 0.176. The van der Waals surface area contributed by atoms with Gasteiger partial charge in [0.2, 0.25) is 0 Å². The highest BCUT2D eigenvalue weighted by Crippen LogP contribution is 2.24. The second-order valence-electron chi connectivity index (χ2n) is 5.16. The first kappa shape index (κ1) is 17.4. The molecule has 0 aliphatic carbocycles. The van der Waals surface area contributed by atoms with E-state index in [9.17, 15) is 4.79 Å². The summed E-state index contributed by atoms with van der Waals surface area (Å²) in [7, 11) is 0. The molecular weight excluding hydrogens is 365 g/mol. The number of hydrogen-bond donors (Lipinski definition) is 1. The van der Waals surface area contributed by atoms with Crippen LogP contribution in [0.2, 0.25) is 10.0 Å². The third kappa shape index (κ3) is 4.78. The minimum absolute atomic E-state index is 0.183. The normalized spacial score (nSPS) is 10.6. The van der Waals surface area contributed by atoms with Crippen LogP contribution >= 0.6 is 23.2 Å². The Bertz CT molecular complexity index is 860. The maximum Gasteiger partial charge on any atom is 0.287 e. The second kappa shape index (κ2) is 8.09. The number of rotatable bonds is 7. The van der Waals surface area contributed by atoms with Crippen molar-refractivity contribution in [3.8, 4) is 5.75 Å². The van der Waals surface area contributed by atoms with Crippen molar-refractivity contribution in [1.82, 2.24) is 15.1 Å². The number of para-hydroxylation sites is 1. The molecule has 0 atom stereocenters. The molecule has 3 aromatic rings. The van der Waals surface area contributed by atoms with E-state index in [4.69, 9.17) is 32.4 Å². The summed E-state index contributed by atoms with van der Waals surface area (Å²) in [5, 5.41) is 7.86. The quantitative estimate of drug-likeness (QED) is 0.677. The molecule has 0 aliphatic heterocycles. The Morgan fingerprint density at radius 1 is 1.24 bits per heavy atom. The average Bonchev–Trinajstić information content (AvgIpc) is 3.23. The number of carbonyl (C=O) groups excluding carboxylic acids is 1. The van der Waals surface area contributed by atoms with E-state index >= 15 is 0 Å². The van der Waals surface area contributed by atoms with Crippen LogP contribution in [0.3, 0.4) is 0 Å². The van der Waals surface area contributed by atoms with E-state index in [2.05, 4.69) is 10.4 Å². The zero-order chi connectivity index (χ0) is 17.6. The van der Waals surface area contributed by atoms with E-state index in [1.807, 2.05) is 12.1 Å². The molecule has 25 heavy (non-hydrogen) atoms. The Kier molecular flexibility index (Phi) is 5.63. The van der Waals surface area contributed by atoms with Crippen molar-refractivity contribution in [2.75, 3.05) is 6.54 Å². The van der Waals surface area contributed by atoms with Crippen molar-refractivity contribution in [3.05, 3.63) is 70.4 Å². The Hall–Kier alpha value is -2.44. The molecule has 1 aromatic carbocycles. The predicted molar refractivity (Wildman–Crippen MR) is 94.1 cm³/mol. The Balaban J connectivity index is 1.48. The summed E-state index contributed by atoms with van der Waals surface area (Å²) >= 11 is 11.8. The molecule has 0 bridgehead atoms. The molecular formula is C17H15Cl2N3O3. The summed E-state index contributed by atoms with van der Waals surface area (Å²) < 4.78 is 12.7. The number of ether oxygens (including phenoxy) is 1. The molecule has 1 N–H and O–H groups in total. The lowest BCUT2D eigenvalue weighted by molar-refractivity contribution is 0.0920. The number of amides is 1. The fourth-order valence-corrected chi connectivity index (χ4v) is 2.47. The number of halogens is 2. The Morgan fingerprint density at radius 3 is 2.84 bits per heavy atom. The van der Waals surface area contributed by atoms with Crippen molar-refractivity contribution < 1.29 is 13.9 Å². The molecule has 0 fully saturated rings. The topological polar surface area (TPSA) is 69.3 Å². The van der Waals surface area contributed by atoms with Crippen molar-refractivity contribution in [2.24, 2.45) is 0 Å². The van der Waals surface area contributed by atoms with Gasteiger partial charge in [-0.15, -0.1) is 0 Å². The monoisotopic (exact) mass is 379 g/mol. The van der Waals surface area contributed by atoms with Crippen LogP contribution < -0.4 is 10.1 Å². The van der Waals surface area contributed by atoms with Gasteiger partial charge in [0, 0.05) is 12.7 Å². The third-order valence-corrected chi connectivity index (χ3v) is 3.83. The van der Waals surface area contributed by atoms with Gasteiger partial charge in [0.25, 0.3) is 5.91 Å². The van der Waals surface area contributed by atoms with Gasteiger partial charge in [0.15, 0.2) is 5.76 Å². The highest BCUT2D eigenvalue weighted by Gasteiger charge is 2.11. The molecule has 3 rings (SSSR count). The molecule has 0 saturated carbocycles. The highest BCUT2D eigenvalue weighted by molar-refractivity contribution is 6.32. The zero-order valence-corrected chi connectivity index (χ0v) is 14.6. The van der Waals surface area contributed by atoms with E-state index in [0.29, 0.717) is 34.6 Å². The summed E-state index contributed by atoms with van der Waals surface area (Å²) in [5.41, 5.74) is 0. The smallest absolute Gasteiger partial charge is 0.287 e. The average molecular weight is 380 g/mol. The number of carbonyl (C=O) groups is 1. The predicted octanol–water partition coefficient (Wildman–Crippen LogP) is 3.79. The first-order valence-corrected chi connectivity index (χ1v) is 8.29. The minimum atomic E-state index is -0.303. The van der Waals surface area contributed by atoms with Crippen LogP contribution in [0.15, 0.2) is 53.2 Å². The van der Waals surface area contributed by atoms with E-state index in [1.165, 1.54) is 0 Å². The van der Waals surface area contributed by atoms with E-state index < -0.39 is 0 Å². The number of aromatic nitrogens is 2. The van der Waals surface area contributed by atoms with Crippen LogP contribution in [0, 0.1) is 0 Å². The van der Waals surface area contributed by atoms with Crippen molar-refractivity contribution in [3.63, 3.8) is 0 Å². The SMILES string of the molecule is O=C(NCCn1cc(Cl)cn1)c1ccc(COc2ccccc2Cl)o1. The zero-order valence-electron chi connectivity index (χ0n) is 13.1. The first-order valence-electron chi connectivity index (χ1n) is 7.54. The molecule has 0 unspecified atom stereocenters. The van der Waals surface area contributed by atoms with Gasteiger partial charge >= 0.3 is 0 Å². The lowest BCUT2D eigenvalue weighted by Crippen LogP contribution is -2.27. The summed E-state index contributed by atoms with van der Waals surface area (Å²) in [5.74, 6) is 1.01. The number of hydrogen-bond acceptors (Lipinski definition) is 4. The summed E-state index contributed by atoms with van der Waals surface area (Å²) in [6, 6.07) is 10.5. The third-order valence-electron chi connectivity index (χ3n) is 3.32. The molecule has 0 spiro atoms. The Morgan fingerprint density at radius 2 is 2.08 bits per heavy atom. The highest BCUT2D eigenvalue weighted by atomic mass is 35.5. The van der Waals surface area contributed by atoms with E-state index in [0.717, 1.165) is 0 Å². The Labute approximate surface area is 154 Å². The lowest BCUT2D eigenvalue weighted by atomic mass is 10.3. The molecule has 0 saturated heterocycles. The van der Waals surface area contributed by atoms with Crippen molar-refractivity contribution in [1.29, 1.82) is 0 Å². The van der Waals surface area contributed by atoms with Gasteiger partial charge < -0.3 is 14.5 Å². The molecule has 2 heterocycles. The minimum Gasteiger partial charge on any atom is -0.484 e. The van der Waals surface area contributed by atoms with Crippen molar-refractivity contribution >= 4 is 29.1 Å². The molecule has 1 amide bonds. The number of furan rings is 1. The van der Waals surface area contributed by atoms with Gasteiger partial charge in [-0.25, -0.2) is 0 Å². The number of nitrogens with zero attached hydrogens (tertiary/aromatic N) is 2. The van der Waals surface area contributed by atoms with E-state index in [-0.39, 0.29) is 18.3 Å². The molecule has 8 heteroatoms. The molecule has 130 valence electrons. The van der Waals surface area contributed by atoms with Crippen LogP contribution in [0.1, 0.15) is 16.3 Å². The summed E-state index contributed by atoms with van der Waals surface area (Å²) in [4.78, 5) is 12.1. The van der Waals surface area contributed by atoms with Crippen LogP contribution in [-0.4, -0.2) is 22.2 Å². The summed E-state index contributed by atoms with van der Waals surface area (Å²) in [6.45, 7) is 1.10. The van der Waals surface area contributed by atoms with Gasteiger partial charge in [0.1, 0.15) is 18.1 Å². The maximum atomic E-state index is 12.1. The summed E-state index contributed by atoms with van der Waals surface area (Å²) in [6.07, 6.45) is 3.23. The number of benzene rings is 1. The maximum absolute atomic E-state index is 12.1. The fourth-order valence-electron chi connectivity index (χ4n) is 2.12. The van der Waals surface area contributed by atoms with Gasteiger partial charge in [-0.3, -0.25) is 9.48 Å². The second-order valence-corrected chi connectivity index (χ2v) is 6.01. The van der Waals surface area contributed by atoms with Crippen LogP contribution in [0.25, 0.3) is 0 Å². The number of nitrogens with one attached hydrogen (secondary N) is 1. The van der Waals surface area contributed by atoms with Gasteiger partial charge in [-0.1, -0.05) is 35.3 Å². The van der Waals surface area contributed by atoms with Crippen LogP contribution in [-0.2, 0) is 13.2 Å². The van der Waals surface area contributed by atoms with Crippen LogP contribution in [0.5, 0.6) is 5.75 Å². The van der Waals surface area contributed by atoms with Gasteiger partial charge in [-0.2, -0.15) is 5.10 Å². The molecule has 2 aromatic heterocycles. The van der Waals surface area contributed by atoms with Gasteiger partial charge in [0.05, 0.1) is 22.8 Å². The van der Waals surface area contributed by atoms with Gasteiger partial charge in [-0.05, 0) is 24.3 Å². The standard InChI is InChI=1S/C17H15Cl2N3O3/c18-12-9-21-22(10-12)8-7-20-17(23)16-6-5-13(25-16)11-24-15-4-2-1-3-14(15)19/h1-6,9-10H,7-8,11H2,(H,20,23). The molecule has 0 radical (unpaired) electrons. The van der Waals surface area contributed by atoms with Crippen molar-refractivity contribution in [2.45, 2.75) is 13.2 Å². The largest absolute Gasteiger partial charge is 0.484 e. The lowest BCUT2D eigenvalue weighted by Gasteiger charge is -2.06. The molecule has 0 aliphatic rings. The first-order chi connectivity index (χ1) is 12.1. The van der Waals surface area contributed by atoms with Crippen LogP contribution in [0.4, 0.5) is 0 Å². The van der Waals surface area contributed by atoms with E-state index in [1.54, 1.807) is 41.3 Å².